The number of aryl methyl sites for hydroxylation is 1. The molecule has 1 amide bonds. The predicted molar refractivity (Wildman–Crippen MR) is 120 cm³/mol. The van der Waals surface area contributed by atoms with Gasteiger partial charge in [0.1, 0.15) is 5.60 Å². The molecule has 4 aromatic rings. The molecule has 0 aliphatic carbocycles. The van der Waals surface area contributed by atoms with Crippen LogP contribution in [0, 0.1) is 6.92 Å². The maximum atomic E-state index is 13.1. The van der Waals surface area contributed by atoms with Crippen LogP contribution in [0.15, 0.2) is 60.9 Å². The van der Waals surface area contributed by atoms with E-state index in [1.54, 1.807) is 4.52 Å². The number of aromatic nitrogens is 4. The SMILES string of the molecule is Cc1ccn2nc(C(=O)N3CCC4(CC3)OCCc3cn(-c5ccccc5)nc34)cc2c1. The number of benzene rings is 1. The fourth-order valence-corrected chi connectivity index (χ4v) is 4.94. The molecule has 5 heterocycles. The van der Waals surface area contributed by atoms with Crippen molar-refractivity contribution >= 4 is 11.4 Å². The number of hydrogen-bond donors (Lipinski definition) is 0. The van der Waals surface area contributed by atoms with Crippen molar-refractivity contribution in [3.05, 3.63) is 83.4 Å². The summed E-state index contributed by atoms with van der Waals surface area (Å²) in [7, 11) is 0. The fourth-order valence-electron chi connectivity index (χ4n) is 4.94. The highest BCUT2D eigenvalue weighted by atomic mass is 16.5. The van der Waals surface area contributed by atoms with E-state index in [1.165, 1.54) is 5.56 Å². The van der Waals surface area contributed by atoms with Gasteiger partial charge in [-0.05, 0) is 67.6 Å². The topological polar surface area (TPSA) is 64.7 Å². The van der Waals surface area contributed by atoms with E-state index in [0.29, 0.717) is 25.4 Å². The summed E-state index contributed by atoms with van der Waals surface area (Å²) in [6.07, 6.45) is 6.37. The lowest BCUT2D eigenvalue weighted by Gasteiger charge is -2.42. The number of hydrogen-bond acceptors (Lipinski definition) is 4. The van der Waals surface area contributed by atoms with Gasteiger partial charge in [-0.25, -0.2) is 9.20 Å². The van der Waals surface area contributed by atoms with E-state index in [4.69, 9.17) is 9.84 Å². The molecule has 0 saturated carbocycles. The van der Waals surface area contributed by atoms with Crippen LogP contribution < -0.4 is 0 Å². The van der Waals surface area contributed by atoms with E-state index < -0.39 is 5.60 Å². The molecule has 1 saturated heterocycles. The first-order valence-corrected chi connectivity index (χ1v) is 11.2. The Balaban J connectivity index is 1.23. The van der Waals surface area contributed by atoms with Crippen molar-refractivity contribution in [3.63, 3.8) is 0 Å². The van der Waals surface area contributed by atoms with Crippen molar-refractivity contribution in [2.75, 3.05) is 19.7 Å². The molecule has 3 aromatic heterocycles. The second-order valence-corrected chi connectivity index (χ2v) is 8.77. The highest BCUT2D eigenvalue weighted by Crippen LogP contribution is 2.41. The van der Waals surface area contributed by atoms with Crippen LogP contribution in [0.1, 0.15) is 40.2 Å². The van der Waals surface area contributed by atoms with Gasteiger partial charge in [0.2, 0.25) is 0 Å². The summed E-state index contributed by atoms with van der Waals surface area (Å²) in [4.78, 5) is 15.0. The van der Waals surface area contributed by atoms with Crippen LogP contribution in [-0.4, -0.2) is 49.9 Å². The van der Waals surface area contributed by atoms with E-state index >= 15 is 0 Å². The standard InChI is InChI=1S/C25H25N5O2/c1-18-7-11-29-21(15-18)16-22(26-29)24(31)28-12-9-25(10-13-28)23-19(8-14-32-25)17-30(27-23)20-5-3-2-4-6-20/h2-7,11,15-17H,8-10,12-14H2,1H3. The van der Waals surface area contributed by atoms with Crippen LogP contribution in [0.5, 0.6) is 0 Å². The summed E-state index contributed by atoms with van der Waals surface area (Å²) in [6.45, 7) is 3.98. The summed E-state index contributed by atoms with van der Waals surface area (Å²) in [5.74, 6) is -0.0212. The molecule has 1 spiro atoms. The molecule has 7 nitrogen and oxygen atoms in total. The number of carbonyl (C=O) groups excluding carboxylic acids is 1. The number of ether oxygens (including phenoxy) is 1. The van der Waals surface area contributed by atoms with Gasteiger partial charge in [-0.15, -0.1) is 0 Å². The van der Waals surface area contributed by atoms with E-state index in [9.17, 15) is 4.79 Å². The van der Waals surface area contributed by atoms with Crippen LogP contribution in [0.25, 0.3) is 11.2 Å². The number of nitrogens with zero attached hydrogens (tertiary/aromatic N) is 5. The molecule has 1 fully saturated rings. The van der Waals surface area contributed by atoms with Crippen LogP contribution in [-0.2, 0) is 16.8 Å². The number of piperidine rings is 1. The second-order valence-electron chi connectivity index (χ2n) is 8.77. The third-order valence-electron chi connectivity index (χ3n) is 6.69. The van der Waals surface area contributed by atoms with Crippen molar-refractivity contribution in [2.24, 2.45) is 0 Å². The summed E-state index contributed by atoms with van der Waals surface area (Å²) in [5.41, 5.74) is 5.49. The number of amides is 1. The number of carbonyl (C=O) groups is 1. The van der Waals surface area contributed by atoms with Crippen molar-refractivity contribution in [1.29, 1.82) is 0 Å². The Hall–Kier alpha value is -3.45. The normalized spacial score (nSPS) is 17.6. The summed E-state index contributed by atoms with van der Waals surface area (Å²) in [6, 6.07) is 16.1. The third-order valence-corrected chi connectivity index (χ3v) is 6.69. The fraction of sp³-hybridized carbons (Fsp3) is 0.320. The van der Waals surface area contributed by atoms with Gasteiger partial charge in [0.25, 0.3) is 5.91 Å². The van der Waals surface area contributed by atoms with Crippen LogP contribution in [0.4, 0.5) is 0 Å². The zero-order valence-electron chi connectivity index (χ0n) is 18.1. The zero-order valence-corrected chi connectivity index (χ0v) is 18.1. The highest BCUT2D eigenvalue weighted by Gasteiger charge is 2.44. The van der Waals surface area contributed by atoms with Gasteiger partial charge in [0.15, 0.2) is 5.69 Å². The Labute approximate surface area is 186 Å². The maximum Gasteiger partial charge on any atom is 0.274 e. The first kappa shape index (κ1) is 19.3. The molecule has 7 heteroatoms. The third kappa shape index (κ3) is 3.12. The molecule has 0 unspecified atom stereocenters. The number of para-hydroxylation sites is 1. The van der Waals surface area contributed by atoms with E-state index in [1.807, 2.05) is 59.1 Å². The van der Waals surface area contributed by atoms with Crippen LogP contribution in [0.2, 0.25) is 0 Å². The summed E-state index contributed by atoms with van der Waals surface area (Å²) in [5, 5.41) is 9.42. The maximum absolute atomic E-state index is 13.1. The van der Waals surface area contributed by atoms with Gasteiger partial charge in [-0.1, -0.05) is 18.2 Å². The summed E-state index contributed by atoms with van der Waals surface area (Å²) >= 11 is 0. The molecule has 162 valence electrons. The van der Waals surface area contributed by atoms with Crippen molar-refractivity contribution in [3.8, 4) is 5.69 Å². The molecular formula is C25H25N5O2. The smallest absolute Gasteiger partial charge is 0.274 e. The van der Waals surface area contributed by atoms with Gasteiger partial charge in [-0.2, -0.15) is 10.2 Å². The minimum atomic E-state index is -0.416. The summed E-state index contributed by atoms with van der Waals surface area (Å²) < 4.78 is 10.1. The predicted octanol–water partition coefficient (Wildman–Crippen LogP) is 3.53. The molecule has 6 rings (SSSR count). The van der Waals surface area contributed by atoms with E-state index in [0.717, 1.165) is 41.7 Å². The Kier molecular flexibility index (Phi) is 4.40. The molecule has 0 bridgehead atoms. The molecule has 2 aliphatic heterocycles. The minimum absolute atomic E-state index is 0.0212. The van der Waals surface area contributed by atoms with E-state index in [-0.39, 0.29) is 5.91 Å². The average Bonchev–Trinajstić information content (AvgIpc) is 3.45. The monoisotopic (exact) mass is 427 g/mol. The van der Waals surface area contributed by atoms with Crippen molar-refractivity contribution in [2.45, 2.75) is 31.8 Å². The minimum Gasteiger partial charge on any atom is -0.368 e. The number of likely N-dealkylation sites (tertiary alicyclic amines) is 1. The van der Waals surface area contributed by atoms with Gasteiger partial charge >= 0.3 is 0 Å². The molecule has 32 heavy (non-hydrogen) atoms. The molecule has 1 aromatic carbocycles. The van der Waals surface area contributed by atoms with E-state index in [2.05, 4.69) is 23.4 Å². The molecule has 0 radical (unpaired) electrons. The quantitative estimate of drug-likeness (QED) is 0.491. The largest absolute Gasteiger partial charge is 0.368 e. The highest BCUT2D eigenvalue weighted by molar-refractivity contribution is 5.93. The zero-order chi connectivity index (χ0) is 21.7. The lowest BCUT2D eigenvalue weighted by molar-refractivity contribution is -0.0963. The Morgan fingerprint density at radius 1 is 1.06 bits per heavy atom. The van der Waals surface area contributed by atoms with Gasteiger partial charge in [-0.3, -0.25) is 4.79 Å². The number of pyridine rings is 1. The van der Waals surface area contributed by atoms with Crippen molar-refractivity contribution in [1.82, 2.24) is 24.3 Å². The number of rotatable bonds is 2. The molecule has 2 aliphatic rings. The van der Waals surface area contributed by atoms with Crippen LogP contribution in [0.3, 0.4) is 0 Å². The lowest BCUT2D eigenvalue weighted by atomic mass is 9.83. The first-order chi connectivity index (χ1) is 15.6. The second kappa shape index (κ2) is 7.31. The Bertz CT molecular complexity index is 1300. The molecular weight excluding hydrogens is 402 g/mol. The lowest BCUT2D eigenvalue weighted by Crippen LogP contribution is -2.48. The molecule has 0 N–H and O–H groups in total. The Morgan fingerprint density at radius 2 is 1.88 bits per heavy atom. The average molecular weight is 428 g/mol. The Morgan fingerprint density at radius 3 is 2.69 bits per heavy atom. The van der Waals surface area contributed by atoms with Crippen LogP contribution >= 0.6 is 0 Å². The van der Waals surface area contributed by atoms with Crippen molar-refractivity contribution < 1.29 is 9.53 Å². The van der Waals surface area contributed by atoms with Gasteiger partial charge < -0.3 is 9.64 Å². The van der Waals surface area contributed by atoms with Gasteiger partial charge in [0.05, 0.1) is 23.5 Å². The van der Waals surface area contributed by atoms with Gasteiger partial charge in [0, 0.05) is 25.5 Å². The molecule has 0 atom stereocenters. The number of fused-ring (bicyclic) bond motifs is 3. The first-order valence-electron chi connectivity index (χ1n) is 11.2.